The molecule has 0 radical (unpaired) electrons. The minimum atomic E-state index is -3.76. The molecule has 36 heavy (non-hydrogen) atoms. The number of nitrogens with zero attached hydrogens (tertiary/aromatic N) is 2. The first-order valence-corrected chi connectivity index (χ1v) is 11.8. The normalized spacial score (nSPS) is 20.0. The Balaban J connectivity index is 1.56. The van der Waals surface area contributed by atoms with Crippen molar-refractivity contribution in [1.82, 2.24) is 15.0 Å². The summed E-state index contributed by atoms with van der Waals surface area (Å²) in [4.78, 5) is 52.7. The molecule has 2 heterocycles. The number of piperidine rings is 1. The van der Waals surface area contributed by atoms with E-state index in [1.54, 1.807) is 41.7 Å². The molecule has 2 aromatic carbocycles. The van der Waals surface area contributed by atoms with E-state index < -0.39 is 40.5 Å². The zero-order valence-electron chi connectivity index (χ0n) is 20.3. The summed E-state index contributed by atoms with van der Waals surface area (Å²) in [5.41, 5.74) is 1.12. The van der Waals surface area contributed by atoms with Gasteiger partial charge < -0.3 is 9.71 Å². The maximum atomic E-state index is 14.9. The molecule has 0 spiro atoms. The topological polar surface area (TPSA) is 86.8 Å². The summed E-state index contributed by atoms with van der Waals surface area (Å²) >= 11 is 5.78. The molecule has 14 heteroatoms. The lowest BCUT2D eigenvalue weighted by Crippen LogP contribution is -2.60. The lowest BCUT2D eigenvalue weighted by atomic mass is 9.47. The summed E-state index contributed by atoms with van der Waals surface area (Å²) in [6.07, 6.45) is 0.0978. The van der Waals surface area contributed by atoms with Gasteiger partial charge in [0, 0.05) is 35.1 Å². The Kier molecular flexibility index (Phi) is 6.58. The van der Waals surface area contributed by atoms with Crippen molar-refractivity contribution in [2.75, 3.05) is 0 Å². The van der Waals surface area contributed by atoms with Crippen LogP contribution in [0.1, 0.15) is 39.4 Å². The molecule has 0 bridgehead atoms. The molecule has 4 amide bonds. The average molecular weight is 509 g/mol. The van der Waals surface area contributed by atoms with Gasteiger partial charge in [0.25, 0.3) is 11.8 Å². The van der Waals surface area contributed by atoms with Crippen LogP contribution >= 0.6 is 11.6 Å². The minimum absolute atomic E-state index is 0.0978. The molecule has 1 N–H and O–H groups in total. The molecule has 2 unspecified atom stereocenters. The van der Waals surface area contributed by atoms with Crippen molar-refractivity contribution >= 4 is 66.7 Å². The van der Waals surface area contributed by atoms with E-state index in [0.717, 1.165) is 16.9 Å². The van der Waals surface area contributed by atoms with Crippen LogP contribution in [0.4, 0.5) is 8.78 Å². The summed E-state index contributed by atoms with van der Waals surface area (Å²) in [6, 6.07) is 8.89. The zero-order chi connectivity index (χ0) is 26.6. The van der Waals surface area contributed by atoms with Gasteiger partial charge in [0.05, 0.1) is 0 Å². The number of carbonyl (C=O) groups is 4. The number of hydrogen-bond donors (Lipinski definition) is 1. The van der Waals surface area contributed by atoms with Gasteiger partial charge in [-0.3, -0.25) is 24.5 Å². The Morgan fingerprint density at radius 3 is 2.42 bits per heavy atom. The van der Waals surface area contributed by atoms with E-state index in [1.165, 1.54) is 25.0 Å². The maximum absolute atomic E-state index is 14.9. The molecule has 2 atom stereocenters. The molecule has 0 aromatic heterocycles. The number of halogens is 3. The van der Waals surface area contributed by atoms with E-state index in [-0.39, 0.29) is 29.8 Å². The molecule has 0 saturated carbocycles. The second kappa shape index (κ2) is 9.10. The first kappa shape index (κ1) is 26.0. The van der Waals surface area contributed by atoms with Gasteiger partial charge in [-0.05, 0) is 34.5 Å². The van der Waals surface area contributed by atoms with Crippen LogP contribution in [0, 0.1) is 0 Å². The molecule has 2 aromatic rings. The minimum Gasteiger partial charge on any atom is -0.389 e. The Hall–Kier alpha value is -3.07. The van der Waals surface area contributed by atoms with Crippen LogP contribution in [0.2, 0.25) is 10.2 Å². The van der Waals surface area contributed by atoms with Crippen LogP contribution in [-0.2, 0) is 26.9 Å². The van der Waals surface area contributed by atoms with Crippen molar-refractivity contribution in [1.29, 1.82) is 0 Å². The second-order valence-electron chi connectivity index (χ2n) is 10.0. The lowest BCUT2D eigenvalue weighted by Gasteiger charge is -2.41. The van der Waals surface area contributed by atoms with E-state index in [0.29, 0.717) is 16.7 Å². The predicted octanol–water partition coefficient (Wildman–Crippen LogP) is -1.11. The third-order valence-electron chi connectivity index (χ3n) is 7.00. The molecule has 4 rings (SSSR count). The summed E-state index contributed by atoms with van der Waals surface area (Å²) in [5.74, 6) is -7.11. The quantitative estimate of drug-likeness (QED) is 0.410. The summed E-state index contributed by atoms with van der Waals surface area (Å²) in [7, 11) is 6.45. The van der Waals surface area contributed by atoms with Crippen molar-refractivity contribution in [3.63, 3.8) is 0 Å². The predicted molar refractivity (Wildman–Crippen MR) is 140 cm³/mol. The molecule has 2 aliphatic rings. The standard InChI is InChI=1S/C22H22B4ClF2N3O4/c23-17(32(26)20(36)22(28,29)12-2-4-13(27)5-3-12)10-1-6-14-11(7-10)9-31(19(14)35)16-18(34)30-15(33)8-21(16,24)25/h1-7,16-17H,8-9,23-26H2,(H,30,33,34). The molecular formula is C22H22B4ClF2N3O4. The molecular weight excluding hydrogens is 487 g/mol. The van der Waals surface area contributed by atoms with Crippen molar-refractivity contribution in [3.05, 3.63) is 69.7 Å². The van der Waals surface area contributed by atoms with Gasteiger partial charge in [-0.15, -0.1) is 0 Å². The van der Waals surface area contributed by atoms with Crippen molar-refractivity contribution < 1.29 is 28.0 Å². The number of imide groups is 1. The van der Waals surface area contributed by atoms with Gasteiger partial charge in [-0.25, -0.2) is 0 Å². The van der Waals surface area contributed by atoms with Crippen LogP contribution < -0.4 is 5.32 Å². The fraction of sp³-hybridized carbons (Fsp3) is 0.273. The van der Waals surface area contributed by atoms with E-state index in [9.17, 15) is 28.0 Å². The number of rotatable bonds is 5. The van der Waals surface area contributed by atoms with E-state index in [4.69, 9.17) is 11.6 Å². The Morgan fingerprint density at radius 2 is 1.81 bits per heavy atom. The molecule has 1 fully saturated rings. The molecule has 2 aliphatic heterocycles. The maximum Gasteiger partial charge on any atom is 0.348 e. The van der Waals surface area contributed by atoms with Crippen LogP contribution in [0.15, 0.2) is 42.5 Å². The zero-order valence-corrected chi connectivity index (χ0v) is 21.0. The third kappa shape index (κ3) is 4.45. The Bertz CT molecular complexity index is 1280. The van der Waals surface area contributed by atoms with Gasteiger partial charge in [-0.2, -0.15) is 8.78 Å². The van der Waals surface area contributed by atoms with Crippen LogP contribution in [-0.4, -0.2) is 70.9 Å². The van der Waals surface area contributed by atoms with Crippen LogP contribution in [0.5, 0.6) is 0 Å². The van der Waals surface area contributed by atoms with E-state index >= 15 is 0 Å². The fourth-order valence-electron chi connectivity index (χ4n) is 4.91. The van der Waals surface area contributed by atoms with E-state index in [2.05, 4.69) is 5.32 Å². The molecule has 182 valence electrons. The third-order valence-corrected chi connectivity index (χ3v) is 7.25. The van der Waals surface area contributed by atoms with Gasteiger partial charge in [0.15, 0.2) is 0 Å². The Morgan fingerprint density at radius 1 is 1.17 bits per heavy atom. The largest absolute Gasteiger partial charge is 0.389 e. The van der Waals surface area contributed by atoms with Gasteiger partial charge in [0.2, 0.25) is 19.8 Å². The smallest absolute Gasteiger partial charge is 0.348 e. The highest BCUT2D eigenvalue weighted by Crippen LogP contribution is 2.39. The number of amides is 4. The average Bonchev–Trinajstić information content (AvgIpc) is 3.11. The monoisotopic (exact) mass is 509 g/mol. The van der Waals surface area contributed by atoms with Gasteiger partial charge >= 0.3 is 5.92 Å². The van der Waals surface area contributed by atoms with Gasteiger partial charge in [-0.1, -0.05) is 35.9 Å². The van der Waals surface area contributed by atoms with Crippen LogP contribution in [0.3, 0.4) is 0 Å². The number of fused-ring (bicyclic) bond motifs is 1. The summed E-state index contributed by atoms with van der Waals surface area (Å²) < 4.78 is 29.9. The van der Waals surface area contributed by atoms with Gasteiger partial charge in [0.1, 0.15) is 29.6 Å². The van der Waals surface area contributed by atoms with Crippen molar-refractivity contribution in [2.45, 2.75) is 36.1 Å². The number of alkyl halides is 2. The SMILES string of the molecule is BC(c1ccc2c(c1)CN(C1C(=O)NC(=O)CC1(B)B)C2=O)N(B)C(=O)C(F)(F)c1ccc(Cl)cc1. The van der Waals surface area contributed by atoms with Crippen molar-refractivity contribution in [2.24, 2.45) is 0 Å². The number of carbonyl (C=O) groups excluding carboxylic acids is 4. The Labute approximate surface area is 215 Å². The highest BCUT2D eigenvalue weighted by molar-refractivity contribution is 6.44. The van der Waals surface area contributed by atoms with Crippen molar-refractivity contribution in [3.8, 4) is 0 Å². The first-order valence-electron chi connectivity index (χ1n) is 11.4. The summed E-state index contributed by atoms with van der Waals surface area (Å²) in [6.45, 7) is 0.128. The number of benzene rings is 2. The number of nitrogens with one attached hydrogen (secondary N) is 1. The van der Waals surface area contributed by atoms with Crippen LogP contribution in [0.25, 0.3) is 0 Å². The second-order valence-corrected chi connectivity index (χ2v) is 10.4. The first-order chi connectivity index (χ1) is 16.7. The fourth-order valence-corrected chi connectivity index (χ4v) is 5.04. The molecule has 7 nitrogen and oxygen atoms in total. The molecule has 1 saturated heterocycles. The summed E-state index contributed by atoms with van der Waals surface area (Å²) in [5, 5.41) is 1.83. The molecule has 0 aliphatic carbocycles. The number of hydrogen-bond acceptors (Lipinski definition) is 4. The van der Waals surface area contributed by atoms with E-state index in [1.807, 2.05) is 0 Å². The highest BCUT2D eigenvalue weighted by Gasteiger charge is 2.49. The highest BCUT2D eigenvalue weighted by atomic mass is 35.5. The lowest BCUT2D eigenvalue weighted by molar-refractivity contribution is -0.154.